The Labute approximate surface area is 157 Å². The first kappa shape index (κ1) is 17.2. The first-order valence-corrected chi connectivity index (χ1v) is 10.1. The molecule has 0 atom stereocenters. The van der Waals surface area contributed by atoms with E-state index in [1.807, 2.05) is 35.9 Å². The third-order valence-corrected chi connectivity index (χ3v) is 6.23. The fourth-order valence-corrected chi connectivity index (χ4v) is 4.73. The second kappa shape index (κ2) is 7.60. The maximum Gasteiger partial charge on any atom is 0.261 e. The van der Waals surface area contributed by atoms with Crippen LogP contribution in [0.25, 0.3) is 10.2 Å². The summed E-state index contributed by atoms with van der Waals surface area (Å²) in [5.74, 6) is 0.0375. The molecule has 1 aliphatic rings. The van der Waals surface area contributed by atoms with Gasteiger partial charge in [-0.2, -0.15) is 5.10 Å². The largest absolute Gasteiger partial charge is 0.346 e. The molecule has 1 aromatic carbocycles. The Kier molecular flexibility index (Phi) is 5.04. The number of nitrogens with zero attached hydrogens (tertiary/aromatic N) is 2. The number of rotatable bonds is 6. The number of aryl methyl sites for hydroxylation is 1. The van der Waals surface area contributed by atoms with Crippen LogP contribution in [0.15, 0.2) is 36.4 Å². The number of quaternary nitrogens is 1. The molecular weight excluding hydrogens is 344 g/mol. The standard InChI is InChI=1S/C20H24N4OS/c1-15-17-13-18(19(25)21-9-12-23-10-5-6-11-23)26-20(17)24(22-15)14-16-7-3-2-4-8-16/h2-4,7-8,13H,5-6,9-12,14H2,1H3,(H,21,25)/p+1. The van der Waals surface area contributed by atoms with Crippen molar-refractivity contribution in [2.75, 3.05) is 26.2 Å². The van der Waals surface area contributed by atoms with Crippen LogP contribution in [0.1, 0.15) is 33.8 Å². The number of hydrogen-bond donors (Lipinski definition) is 2. The molecule has 0 bridgehead atoms. The highest BCUT2D eigenvalue weighted by Gasteiger charge is 2.18. The number of thiophene rings is 1. The van der Waals surface area contributed by atoms with Crippen LogP contribution in [-0.4, -0.2) is 41.9 Å². The smallest absolute Gasteiger partial charge is 0.261 e. The number of aromatic nitrogens is 2. The fraction of sp³-hybridized carbons (Fsp3) is 0.400. The SMILES string of the molecule is Cc1nn(Cc2ccccc2)c2sc(C(=O)NCC[NH+]3CCCC3)cc12. The Morgan fingerprint density at radius 3 is 2.81 bits per heavy atom. The highest BCUT2D eigenvalue weighted by atomic mass is 32.1. The lowest BCUT2D eigenvalue weighted by Gasteiger charge is -2.11. The van der Waals surface area contributed by atoms with Gasteiger partial charge in [0.05, 0.1) is 43.3 Å². The summed E-state index contributed by atoms with van der Waals surface area (Å²) in [7, 11) is 0. The molecule has 2 N–H and O–H groups in total. The average molecular weight is 370 g/mol. The van der Waals surface area contributed by atoms with E-state index in [0.717, 1.165) is 40.4 Å². The summed E-state index contributed by atoms with van der Waals surface area (Å²) in [5, 5.41) is 8.82. The molecule has 2 aromatic heterocycles. The molecule has 1 aliphatic heterocycles. The van der Waals surface area contributed by atoms with Crippen molar-refractivity contribution >= 4 is 27.5 Å². The number of benzene rings is 1. The summed E-state index contributed by atoms with van der Waals surface area (Å²) in [6.07, 6.45) is 2.63. The third kappa shape index (κ3) is 3.66. The molecule has 0 aliphatic carbocycles. The highest BCUT2D eigenvalue weighted by Crippen LogP contribution is 2.28. The van der Waals surface area contributed by atoms with Crippen molar-refractivity contribution in [1.29, 1.82) is 0 Å². The minimum Gasteiger partial charge on any atom is -0.346 e. The van der Waals surface area contributed by atoms with Crippen LogP contribution in [-0.2, 0) is 6.54 Å². The van der Waals surface area contributed by atoms with Crippen molar-refractivity contribution in [2.24, 2.45) is 0 Å². The molecule has 1 fully saturated rings. The Bertz CT molecular complexity index is 893. The lowest BCUT2D eigenvalue weighted by Crippen LogP contribution is -3.10. The van der Waals surface area contributed by atoms with E-state index in [2.05, 4.69) is 22.5 Å². The normalized spacial score (nSPS) is 15.0. The summed E-state index contributed by atoms with van der Waals surface area (Å²) >= 11 is 1.54. The predicted octanol–water partition coefficient (Wildman–Crippen LogP) is 1.86. The fourth-order valence-electron chi connectivity index (χ4n) is 3.65. The molecule has 5 nitrogen and oxygen atoms in total. The quantitative estimate of drug-likeness (QED) is 0.697. The minimum absolute atomic E-state index is 0.0375. The monoisotopic (exact) mass is 369 g/mol. The zero-order valence-corrected chi connectivity index (χ0v) is 15.9. The lowest BCUT2D eigenvalue weighted by molar-refractivity contribution is -0.886. The van der Waals surface area contributed by atoms with Gasteiger partial charge in [0.25, 0.3) is 5.91 Å². The molecule has 1 amide bonds. The molecule has 1 saturated heterocycles. The number of likely N-dealkylation sites (tertiary alicyclic amines) is 1. The van der Waals surface area contributed by atoms with Crippen LogP contribution in [0.4, 0.5) is 0 Å². The van der Waals surface area contributed by atoms with E-state index in [1.54, 1.807) is 4.90 Å². The van der Waals surface area contributed by atoms with E-state index in [9.17, 15) is 4.79 Å². The molecule has 3 aromatic rings. The Morgan fingerprint density at radius 2 is 2.04 bits per heavy atom. The van der Waals surface area contributed by atoms with Crippen LogP contribution >= 0.6 is 11.3 Å². The second-order valence-corrected chi connectivity index (χ2v) is 8.05. The number of fused-ring (bicyclic) bond motifs is 1. The molecular formula is C20H25N4OS+. The van der Waals surface area contributed by atoms with Gasteiger partial charge in [0, 0.05) is 18.2 Å². The van der Waals surface area contributed by atoms with E-state index in [1.165, 1.54) is 42.8 Å². The first-order chi connectivity index (χ1) is 12.7. The van der Waals surface area contributed by atoms with E-state index >= 15 is 0 Å². The maximum absolute atomic E-state index is 12.5. The number of amides is 1. The van der Waals surface area contributed by atoms with Crippen molar-refractivity contribution in [3.63, 3.8) is 0 Å². The van der Waals surface area contributed by atoms with Gasteiger partial charge in [0.15, 0.2) is 0 Å². The topological polar surface area (TPSA) is 51.4 Å². The zero-order chi connectivity index (χ0) is 17.9. The molecule has 4 rings (SSSR count). The van der Waals surface area contributed by atoms with E-state index in [4.69, 9.17) is 0 Å². The number of hydrogen-bond acceptors (Lipinski definition) is 3. The van der Waals surface area contributed by atoms with Crippen molar-refractivity contribution in [2.45, 2.75) is 26.3 Å². The Balaban J connectivity index is 1.46. The van der Waals surface area contributed by atoms with Crippen LogP contribution in [0.5, 0.6) is 0 Å². The summed E-state index contributed by atoms with van der Waals surface area (Å²) < 4.78 is 2.01. The Morgan fingerprint density at radius 1 is 1.27 bits per heavy atom. The number of nitrogens with one attached hydrogen (secondary N) is 2. The molecule has 0 radical (unpaired) electrons. The molecule has 0 spiro atoms. The molecule has 136 valence electrons. The number of carbonyl (C=O) groups excluding carboxylic acids is 1. The van der Waals surface area contributed by atoms with Crippen LogP contribution in [0.3, 0.4) is 0 Å². The van der Waals surface area contributed by atoms with Crippen molar-refractivity contribution in [3.05, 3.63) is 52.5 Å². The second-order valence-electron chi connectivity index (χ2n) is 7.02. The zero-order valence-electron chi connectivity index (χ0n) is 15.1. The van der Waals surface area contributed by atoms with Gasteiger partial charge in [-0.15, -0.1) is 11.3 Å². The van der Waals surface area contributed by atoms with Gasteiger partial charge in [0.1, 0.15) is 4.83 Å². The average Bonchev–Trinajstić information content (AvgIpc) is 3.36. The van der Waals surface area contributed by atoms with E-state index in [-0.39, 0.29) is 5.91 Å². The van der Waals surface area contributed by atoms with Gasteiger partial charge in [0.2, 0.25) is 0 Å². The molecule has 0 saturated carbocycles. The van der Waals surface area contributed by atoms with Gasteiger partial charge < -0.3 is 10.2 Å². The van der Waals surface area contributed by atoms with Gasteiger partial charge >= 0.3 is 0 Å². The summed E-state index contributed by atoms with van der Waals surface area (Å²) in [6.45, 7) is 7.00. The van der Waals surface area contributed by atoms with Crippen LogP contribution in [0.2, 0.25) is 0 Å². The summed E-state index contributed by atoms with van der Waals surface area (Å²) in [4.78, 5) is 16.0. The summed E-state index contributed by atoms with van der Waals surface area (Å²) in [5.41, 5.74) is 2.19. The molecule has 3 heterocycles. The molecule has 6 heteroatoms. The van der Waals surface area contributed by atoms with E-state index in [0.29, 0.717) is 0 Å². The van der Waals surface area contributed by atoms with Crippen LogP contribution in [0, 0.1) is 6.92 Å². The molecule has 26 heavy (non-hydrogen) atoms. The van der Waals surface area contributed by atoms with E-state index < -0.39 is 0 Å². The van der Waals surface area contributed by atoms with Gasteiger partial charge in [-0.1, -0.05) is 30.3 Å². The summed E-state index contributed by atoms with van der Waals surface area (Å²) in [6, 6.07) is 12.3. The third-order valence-electron chi connectivity index (χ3n) is 5.08. The first-order valence-electron chi connectivity index (χ1n) is 9.33. The van der Waals surface area contributed by atoms with Gasteiger partial charge in [-0.3, -0.25) is 9.48 Å². The lowest BCUT2D eigenvalue weighted by atomic mass is 10.2. The maximum atomic E-state index is 12.5. The van der Waals surface area contributed by atoms with Crippen molar-refractivity contribution < 1.29 is 9.69 Å². The van der Waals surface area contributed by atoms with Gasteiger partial charge in [-0.25, -0.2) is 0 Å². The minimum atomic E-state index is 0.0375. The Hall–Kier alpha value is -2.18. The predicted molar refractivity (Wildman–Crippen MR) is 105 cm³/mol. The van der Waals surface area contributed by atoms with Crippen LogP contribution < -0.4 is 10.2 Å². The van der Waals surface area contributed by atoms with Crippen molar-refractivity contribution in [1.82, 2.24) is 15.1 Å². The van der Waals surface area contributed by atoms with Crippen molar-refractivity contribution in [3.8, 4) is 0 Å². The van der Waals surface area contributed by atoms with Gasteiger partial charge in [-0.05, 0) is 18.6 Å². The highest BCUT2D eigenvalue weighted by molar-refractivity contribution is 7.20. The number of carbonyl (C=O) groups is 1. The molecule has 0 unspecified atom stereocenters.